The SMILES string of the molecule is NNc1cc(N2CCC(C(F)(F)F)CC2)cc([N+](=O)[O-])c1. The van der Waals surface area contributed by atoms with Gasteiger partial charge in [0.2, 0.25) is 0 Å². The normalized spacial score (nSPS) is 16.9. The van der Waals surface area contributed by atoms with E-state index in [1.54, 1.807) is 11.0 Å². The molecule has 3 N–H and O–H groups in total. The number of alkyl halides is 3. The number of non-ortho nitro benzene ring substituents is 1. The molecular formula is C12H15F3N4O2. The van der Waals surface area contributed by atoms with Crippen molar-refractivity contribution in [2.45, 2.75) is 19.0 Å². The first-order valence-electron chi connectivity index (χ1n) is 6.39. The van der Waals surface area contributed by atoms with E-state index < -0.39 is 17.0 Å². The van der Waals surface area contributed by atoms with Crippen LogP contribution in [0.15, 0.2) is 18.2 Å². The molecule has 1 aromatic carbocycles. The van der Waals surface area contributed by atoms with E-state index >= 15 is 0 Å². The number of hydrogen-bond donors (Lipinski definition) is 2. The summed E-state index contributed by atoms with van der Waals surface area (Å²) in [5.74, 6) is 3.95. The molecule has 0 radical (unpaired) electrons. The lowest BCUT2D eigenvalue weighted by molar-refractivity contribution is -0.384. The summed E-state index contributed by atoms with van der Waals surface area (Å²) in [6.45, 7) is 0.407. The Morgan fingerprint density at radius 1 is 1.29 bits per heavy atom. The minimum absolute atomic E-state index is 0.0163. The van der Waals surface area contributed by atoms with Crippen LogP contribution in [0.2, 0.25) is 0 Å². The van der Waals surface area contributed by atoms with E-state index in [0.29, 0.717) is 11.4 Å². The number of nitro benzene ring substituents is 1. The van der Waals surface area contributed by atoms with Gasteiger partial charge < -0.3 is 10.3 Å². The topological polar surface area (TPSA) is 84.4 Å². The lowest BCUT2D eigenvalue weighted by Gasteiger charge is -2.34. The Labute approximate surface area is 118 Å². The smallest absolute Gasteiger partial charge is 0.371 e. The minimum Gasteiger partial charge on any atom is -0.371 e. The zero-order chi connectivity index (χ0) is 15.6. The monoisotopic (exact) mass is 304 g/mol. The molecule has 0 spiro atoms. The van der Waals surface area contributed by atoms with E-state index in [1.165, 1.54) is 12.1 Å². The molecule has 0 aliphatic carbocycles. The average molecular weight is 304 g/mol. The van der Waals surface area contributed by atoms with Crippen molar-refractivity contribution < 1.29 is 18.1 Å². The number of nitro groups is 1. The molecule has 2 rings (SSSR count). The van der Waals surface area contributed by atoms with Crippen molar-refractivity contribution in [3.63, 3.8) is 0 Å². The fraction of sp³-hybridized carbons (Fsp3) is 0.500. The maximum Gasteiger partial charge on any atom is 0.391 e. The van der Waals surface area contributed by atoms with E-state index in [1.807, 2.05) is 0 Å². The molecule has 0 unspecified atom stereocenters. The fourth-order valence-corrected chi connectivity index (χ4v) is 2.43. The molecule has 0 saturated carbocycles. The Morgan fingerprint density at radius 3 is 2.38 bits per heavy atom. The predicted molar refractivity (Wildman–Crippen MR) is 71.9 cm³/mol. The molecule has 1 aliphatic heterocycles. The number of nitrogen functional groups attached to an aromatic ring is 1. The molecule has 21 heavy (non-hydrogen) atoms. The van der Waals surface area contributed by atoms with Crippen LogP contribution in [0.4, 0.5) is 30.2 Å². The zero-order valence-corrected chi connectivity index (χ0v) is 11.1. The van der Waals surface area contributed by atoms with Gasteiger partial charge in [0.25, 0.3) is 5.69 Å². The van der Waals surface area contributed by atoms with Crippen molar-refractivity contribution in [3.8, 4) is 0 Å². The first kappa shape index (κ1) is 15.4. The first-order valence-corrected chi connectivity index (χ1v) is 6.39. The second kappa shape index (κ2) is 5.76. The number of nitrogens with two attached hydrogens (primary N) is 1. The summed E-state index contributed by atoms with van der Waals surface area (Å²) in [6.07, 6.45) is -4.21. The van der Waals surface area contributed by atoms with Gasteiger partial charge in [0.1, 0.15) is 0 Å². The molecule has 6 nitrogen and oxygen atoms in total. The number of hydrogen-bond acceptors (Lipinski definition) is 5. The summed E-state index contributed by atoms with van der Waals surface area (Å²) in [5, 5.41) is 10.9. The van der Waals surface area contributed by atoms with Crippen molar-refractivity contribution >= 4 is 17.1 Å². The van der Waals surface area contributed by atoms with Gasteiger partial charge in [0.05, 0.1) is 16.5 Å². The third kappa shape index (κ3) is 3.54. The maximum atomic E-state index is 12.6. The number of benzene rings is 1. The van der Waals surface area contributed by atoms with Crippen LogP contribution in [0.5, 0.6) is 0 Å². The highest BCUT2D eigenvalue weighted by Crippen LogP contribution is 2.36. The largest absolute Gasteiger partial charge is 0.391 e. The summed E-state index contributed by atoms with van der Waals surface area (Å²) in [5.41, 5.74) is 3.01. The van der Waals surface area contributed by atoms with Crippen LogP contribution in [0.25, 0.3) is 0 Å². The number of anilines is 2. The molecule has 0 aromatic heterocycles. The number of nitrogens with one attached hydrogen (secondary N) is 1. The maximum absolute atomic E-state index is 12.6. The van der Waals surface area contributed by atoms with Gasteiger partial charge in [-0.25, -0.2) is 0 Å². The standard InChI is InChI=1S/C12H15F3N4O2/c13-12(14,15)8-1-3-18(4-2-8)10-5-9(17-16)6-11(7-10)19(20)21/h5-8,17H,1-4,16H2. The van der Waals surface area contributed by atoms with Crippen molar-refractivity contribution in [2.75, 3.05) is 23.4 Å². The molecule has 1 aromatic rings. The highest BCUT2D eigenvalue weighted by molar-refractivity contribution is 5.64. The van der Waals surface area contributed by atoms with Gasteiger partial charge in [-0.1, -0.05) is 0 Å². The molecule has 0 atom stereocenters. The summed E-state index contributed by atoms with van der Waals surface area (Å²) in [4.78, 5) is 12.0. The second-order valence-electron chi connectivity index (χ2n) is 4.94. The molecule has 1 aliphatic rings. The van der Waals surface area contributed by atoms with Crippen molar-refractivity contribution in [2.24, 2.45) is 11.8 Å². The lowest BCUT2D eigenvalue weighted by Crippen LogP contribution is -2.39. The molecule has 116 valence electrons. The Balaban J connectivity index is 2.16. The van der Waals surface area contributed by atoms with Gasteiger partial charge >= 0.3 is 6.18 Å². The lowest BCUT2D eigenvalue weighted by atomic mass is 9.96. The fourth-order valence-electron chi connectivity index (χ4n) is 2.43. The van der Waals surface area contributed by atoms with Crippen LogP contribution < -0.4 is 16.2 Å². The number of halogens is 3. The van der Waals surface area contributed by atoms with Crippen molar-refractivity contribution in [3.05, 3.63) is 28.3 Å². The van der Waals surface area contributed by atoms with Crippen LogP contribution >= 0.6 is 0 Å². The molecule has 9 heteroatoms. The van der Waals surface area contributed by atoms with Gasteiger partial charge in [-0.05, 0) is 18.9 Å². The van der Waals surface area contributed by atoms with Gasteiger partial charge in [-0.15, -0.1) is 0 Å². The summed E-state index contributed by atoms with van der Waals surface area (Å²) in [7, 11) is 0. The summed E-state index contributed by atoms with van der Waals surface area (Å²) >= 11 is 0. The number of nitrogens with zero attached hydrogens (tertiary/aromatic N) is 2. The Bertz CT molecular complexity index is 528. The van der Waals surface area contributed by atoms with Crippen LogP contribution in [-0.4, -0.2) is 24.2 Å². The van der Waals surface area contributed by atoms with Gasteiger partial charge in [0.15, 0.2) is 0 Å². The average Bonchev–Trinajstić information content (AvgIpc) is 2.46. The third-order valence-corrected chi connectivity index (χ3v) is 3.60. The number of hydrazine groups is 1. The number of rotatable bonds is 3. The molecule has 0 amide bonds. The van der Waals surface area contributed by atoms with E-state index in [4.69, 9.17) is 5.84 Å². The van der Waals surface area contributed by atoms with Crippen LogP contribution in [-0.2, 0) is 0 Å². The van der Waals surface area contributed by atoms with E-state index in [9.17, 15) is 23.3 Å². The summed E-state index contributed by atoms with van der Waals surface area (Å²) in [6, 6.07) is 4.20. The Hall–Kier alpha value is -2.03. The van der Waals surface area contributed by atoms with Crippen LogP contribution in [0.3, 0.4) is 0 Å². The highest BCUT2D eigenvalue weighted by atomic mass is 19.4. The van der Waals surface area contributed by atoms with Crippen molar-refractivity contribution in [1.29, 1.82) is 0 Å². The van der Waals surface area contributed by atoms with Gasteiger partial charge in [0, 0.05) is 30.9 Å². The highest BCUT2D eigenvalue weighted by Gasteiger charge is 2.41. The van der Waals surface area contributed by atoms with E-state index in [-0.39, 0.29) is 31.6 Å². The molecule has 0 bridgehead atoms. The number of piperidine rings is 1. The zero-order valence-electron chi connectivity index (χ0n) is 11.1. The van der Waals surface area contributed by atoms with E-state index in [0.717, 1.165) is 0 Å². The molecule has 1 saturated heterocycles. The van der Waals surface area contributed by atoms with Crippen LogP contribution in [0.1, 0.15) is 12.8 Å². The second-order valence-corrected chi connectivity index (χ2v) is 4.94. The van der Waals surface area contributed by atoms with E-state index in [2.05, 4.69) is 5.43 Å². The Morgan fingerprint density at radius 2 is 1.90 bits per heavy atom. The van der Waals surface area contributed by atoms with Crippen LogP contribution in [0, 0.1) is 16.0 Å². The predicted octanol–water partition coefficient (Wildman–Crippen LogP) is 2.66. The summed E-state index contributed by atoms with van der Waals surface area (Å²) < 4.78 is 37.9. The van der Waals surface area contributed by atoms with Gasteiger partial charge in [-0.2, -0.15) is 13.2 Å². The van der Waals surface area contributed by atoms with Gasteiger partial charge in [-0.3, -0.25) is 16.0 Å². The minimum atomic E-state index is -4.18. The quantitative estimate of drug-likeness (QED) is 0.509. The first-order chi connectivity index (χ1) is 9.81. The Kier molecular flexibility index (Phi) is 4.21. The molecular weight excluding hydrogens is 289 g/mol. The molecule has 1 fully saturated rings. The van der Waals surface area contributed by atoms with Crippen molar-refractivity contribution in [1.82, 2.24) is 0 Å². The third-order valence-electron chi connectivity index (χ3n) is 3.60. The molecule has 1 heterocycles.